The van der Waals surface area contributed by atoms with Crippen molar-refractivity contribution >= 4 is 43.6 Å². The van der Waals surface area contributed by atoms with Crippen molar-refractivity contribution in [1.82, 2.24) is 28.4 Å². The molecule has 13 heteroatoms. The average Bonchev–Trinajstić information content (AvgIpc) is 3.71. The van der Waals surface area contributed by atoms with Gasteiger partial charge in [0.05, 0.1) is 22.2 Å². The van der Waals surface area contributed by atoms with Gasteiger partial charge in [-0.25, -0.2) is 26.4 Å². The number of halogens is 2. The molecule has 1 fully saturated rings. The highest BCUT2D eigenvalue weighted by atomic mass is 32.2. The van der Waals surface area contributed by atoms with Gasteiger partial charge in [0.15, 0.2) is 5.82 Å². The quantitative estimate of drug-likeness (QED) is 0.237. The van der Waals surface area contributed by atoms with Gasteiger partial charge in [-0.15, -0.1) is 0 Å². The van der Waals surface area contributed by atoms with E-state index in [1.165, 1.54) is 37.4 Å². The number of carbonyl (C=O) groups excluding carboxylic acids is 1. The van der Waals surface area contributed by atoms with E-state index in [1.54, 1.807) is 24.3 Å². The van der Waals surface area contributed by atoms with Crippen LogP contribution >= 0.6 is 0 Å². The van der Waals surface area contributed by atoms with Gasteiger partial charge in [-0.05, 0) is 101 Å². The van der Waals surface area contributed by atoms with E-state index in [1.807, 2.05) is 19.1 Å². The zero-order valence-corrected chi connectivity index (χ0v) is 26.2. The van der Waals surface area contributed by atoms with Gasteiger partial charge in [-0.3, -0.25) is 4.79 Å². The lowest BCUT2D eigenvalue weighted by Gasteiger charge is -2.29. The Kier molecular flexibility index (Phi) is 7.05. The highest BCUT2D eigenvalue weighted by Crippen LogP contribution is 2.34. The van der Waals surface area contributed by atoms with Crippen LogP contribution < -0.4 is 5.73 Å². The number of likely N-dealkylation sites (tertiary alicyclic amines) is 1. The first-order valence-electron chi connectivity index (χ1n) is 14.8. The number of ketones is 1. The van der Waals surface area contributed by atoms with Gasteiger partial charge in [0.2, 0.25) is 5.78 Å². The summed E-state index contributed by atoms with van der Waals surface area (Å²) in [7, 11) is -2.15. The molecule has 10 nitrogen and oxygen atoms in total. The van der Waals surface area contributed by atoms with Crippen LogP contribution in [0.25, 0.3) is 27.6 Å². The van der Waals surface area contributed by atoms with E-state index in [-0.39, 0.29) is 49.3 Å². The number of aryl methyl sites for hydroxylation is 2. The number of carbonyl (C=O) groups is 1. The van der Waals surface area contributed by atoms with Crippen LogP contribution in [-0.4, -0.2) is 62.8 Å². The molecule has 4 heterocycles. The molecule has 7 rings (SSSR count). The number of piperidine rings is 1. The number of nitrogens with two attached hydrogens (primary N) is 1. The van der Waals surface area contributed by atoms with Crippen molar-refractivity contribution in [3.8, 4) is 5.69 Å². The van der Waals surface area contributed by atoms with Crippen LogP contribution in [0.4, 0.5) is 14.7 Å². The van der Waals surface area contributed by atoms with E-state index in [0.29, 0.717) is 16.8 Å². The Morgan fingerprint density at radius 3 is 2.39 bits per heavy atom. The number of fused-ring (bicyclic) bond motifs is 2. The molecule has 0 bridgehead atoms. The van der Waals surface area contributed by atoms with Crippen LogP contribution in [0.1, 0.15) is 51.8 Å². The zero-order valence-electron chi connectivity index (χ0n) is 25.4. The lowest BCUT2D eigenvalue weighted by atomic mass is 9.89. The second kappa shape index (κ2) is 10.9. The summed E-state index contributed by atoms with van der Waals surface area (Å²) in [4.78, 5) is 20.7. The van der Waals surface area contributed by atoms with Crippen LogP contribution in [0, 0.1) is 19.7 Å². The first-order chi connectivity index (χ1) is 22.0. The molecule has 236 valence electrons. The molecule has 0 amide bonds. The minimum absolute atomic E-state index is 0.0191. The summed E-state index contributed by atoms with van der Waals surface area (Å²) in [5.74, 6) is -1.51. The van der Waals surface area contributed by atoms with Crippen LogP contribution in [0.3, 0.4) is 0 Å². The van der Waals surface area contributed by atoms with E-state index in [9.17, 15) is 17.7 Å². The topological polar surface area (TPSA) is 121 Å². The highest BCUT2D eigenvalue weighted by molar-refractivity contribution is 7.90. The molecule has 46 heavy (non-hydrogen) atoms. The fourth-order valence-electron chi connectivity index (χ4n) is 6.25. The molecular formula is C33H31F2N7O3S. The summed E-state index contributed by atoms with van der Waals surface area (Å²) < 4.78 is 60.2. The molecule has 3 aromatic heterocycles. The van der Waals surface area contributed by atoms with Gasteiger partial charge in [0.25, 0.3) is 10.0 Å². The predicted molar refractivity (Wildman–Crippen MR) is 171 cm³/mol. The smallest absolute Gasteiger partial charge is 0.268 e. The highest BCUT2D eigenvalue weighted by Gasteiger charge is 2.30. The first-order valence-corrected chi connectivity index (χ1v) is 16.3. The van der Waals surface area contributed by atoms with E-state index in [0.717, 1.165) is 45.7 Å². The predicted octanol–water partition coefficient (Wildman–Crippen LogP) is 5.52. The zero-order chi connectivity index (χ0) is 32.5. The van der Waals surface area contributed by atoms with Crippen molar-refractivity contribution < 1.29 is 22.1 Å². The summed E-state index contributed by atoms with van der Waals surface area (Å²) in [5, 5.41) is 4.76. The standard InChI is InChI=1S/C33H31F2N7O3S/c1-19-4-7-24(8-5-19)46(44,45)42-26-9-6-22(21-12-14-39(3)15-13-21)16-23(26)17-29(42)32(43)25-18-37-41(33(25)36)27-10-11-28-31(30(27)34)38-20(2)40(28)35/h4-11,16-18,21H,12-15,36H2,1-3H3. The number of benzene rings is 3. The maximum absolute atomic E-state index is 15.5. The molecule has 0 spiro atoms. The van der Waals surface area contributed by atoms with Crippen LogP contribution in [0.15, 0.2) is 71.8 Å². The number of hydrogen-bond donors (Lipinski definition) is 1. The van der Waals surface area contributed by atoms with Crippen LogP contribution in [-0.2, 0) is 10.0 Å². The number of nitrogens with zero attached hydrogens (tertiary/aromatic N) is 6. The summed E-state index contributed by atoms with van der Waals surface area (Å²) >= 11 is 0. The molecule has 0 unspecified atom stereocenters. The lowest BCUT2D eigenvalue weighted by molar-refractivity contribution is 0.103. The summed E-state index contributed by atoms with van der Waals surface area (Å²) in [6.07, 6.45) is 3.11. The fraction of sp³-hybridized carbons (Fsp3) is 0.242. The third-order valence-corrected chi connectivity index (χ3v) is 10.6. The molecule has 0 saturated carbocycles. The van der Waals surface area contributed by atoms with Crippen molar-refractivity contribution in [2.75, 3.05) is 25.9 Å². The second-order valence-electron chi connectivity index (χ2n) is 11.9. The third-order valence-electron chi connectivity index (χ3n) is 8.89. The van der Waals surface area contributed by atoms with E-state index in [2.05, 4.69) is 22.0 Å². The molecule has 0 aliphatic carbocycles. The molecule has 0 radical (unpaired) electrons. The summed E-state index contributed by atoms with van der Waals surface area (Å²) in [6.45, 7) is 5.17. The van der Waals surface area contributed by atoms with E-state index < -0.39 is 21.6 Å². The number of rotatable bonds is 6. The molecule has 6 aromatic rings. The third kappa shape index (κ3) is 4.69. The number of anilines is 1. The molecule has 3 aromatic carbocycles. The van der Waals surface area contributed by atoms with E-state index >= 15 is 4.39 Å². The largest absolute Gasteiger partial charge is 0.383 e. The fourth-order valence-corrected chi connectivity index (χ4v) is 7.76. The van der Waals surface area contributed by atoms with Crippen molar-refractivity contribution in [2.45, 2.75) is 37.5 Å². The van der Waals surface area contributed by atoms with Gasteiger partial charge >= 0.3 is 0 Å². The number of hydrogen-bond acceptors (Lipinski definition) is 7. The van der Waals surface area contributed by atoms with Gasteiger partial charge < -0.3 is 10.6 Å². The Balaban J connectivity index is 1.36. The Morgan fingerprint density at radius 1 is 0.978 bits per heavy atom. The average molecular weight is 644 g/mol. The van der Waals surface area contributed by atoms with Gasteiger partial charge in [-0.1, -0.05) is 28.2 Å². The number of aromatic nitrogens is 5. The maximum Gasteiger partial charge on any atom is 0.268 e. The van der Waals surface area contributed by atoms with E-state index in [4.69, 9.17) is 5.73 Å². The van der Waals surface area contributed by atoms with Crippen molar-refractivity contribution in [3.05, 3.63) is 101 Å². The monoisotopic (exact) mass is 643 g/mol. The number of imidazole rings is 1. The van der Waals surface area contributed by atoms with Crippen molar-refractivity contribution in [1.29, 1.82) is 0 Å². The Hall–Kier alpha value is -4.88. The molecule has 2 N–H and O–H groups in total. The molecule has 0 atom stereocenters. The molecular weight excluding hydrogens is 612 g/mol. The van der Waals surface area contributed by atoms with Crippen molar-refractivity contribution in [3.63, 3.8) is 0 Å². The number of nitrogen functional groups attached to an aromatic ring is 1. The molecule has 1 aliphatic heterocycles. The van der Waals surface area contributed by atoms with Gasteiger partial charge in [-0.2, -0.15) is 9.89 Å². The first kappa shape index (κ1) is 29.8. The van der Waals surface area contributed by atoms with Crippen LogP contribution in [0.2, 0.25) is 0 Å². The normalized spacial score (nSPS) is 14.9. The lowest BCUT2D eigenvalue weighted by Crippen LogP contribution is -2.29. The maximum atomic E-state index is 15.5. The minimum Gasteiger partial charge on any atom is -0.383 e. The van der Waals surface area contributed by atoms with Gasteiger partial charge in [0.1, 0.15) is 34.1 Å². The Bertz CT molecular complexity index is 2280. The SMILES string of the molecule is Cc1ccc(S(=O)(=O)n2c(C(=O)c3cnn(-c4ccc5c(nc(C)n5F)c4F)c3N)cc3cc(C4CCN(C)CC4)ccc32)cc1. The summed E-state index contributed by atoms with van der Waals surface area (Å²) in [5.41, 5.74) is 8.02. The summed E-state index contributed by atoms with van der Waals surface area (Å²) in [6, 6.07) is 16.2. The van der Waals surface area contributed by atoms with Gasteiger partial charge in [0, 0.05) is 5.39 Å². The minimum atomic E-state index is -4.24. The van der Waals surface area contributed by atoms with Crippen molar-refractivity contribution in [2.24, 2.45) is 0 Å². The Labute approximate surface area is 263 Å². The molecule has 1 aliphatic rings. The van der Waals surface area contributed by atoms with Crippen LogP contribution in [0.5, 0.6) is 0 Å². The Morgan fingerprint density at radius 2 is 1.67 bits per heavy atom. The second-order valence-corrected chi connectivity index (χ2v) is 13.7. The molecule has 1 saturated heterocycles.